The molecule has 0 saturated heterocycles. The van der Waals surface area contributed by atoms with Gasteiger partial charge in [0.05, 0.1) is 5.41 Å². The SMILES string of the molecule is CC(C)CCCCNC(=O)C1(CN)CCCCC1. The molecule has 1 fully saturated rings. The largest absolute Gasteiger partial charge is 0.356 e. The molecular formula is C15H30N2O. The Labute approximate surface area is 112 Å². The summed E-state index contributed by atoms with van der Waals surface area (Å²) in [5, 5.41) is 3.10. The lowest BCUT2D eigenvalue weighted by Crippen LogP contribution is -2.47. The van der Waals surface area contributed by atoms with Crippen molar-refractivity contribution in [2.24, 2.45) is 17.1 Å². The third kappa shape index (κ3) is 4.60. The highest BCUT2D eigenvalue weighted by atomic mass is 16.2. The molecule has 1 amide bonds. The third-order valence-electron chi connectivity index (χ3n) is 4.18. The monoisotopic (exact) mass is 254 g/mol. The molecule has 1 aliphatic carbocycles. The third-order valence-corrected chi connectivity index (χ3v) is 4.18. The summed E-state index contributed by atoms with van der Waals surface area (Å²) < 4.78 is 0. The van der Waals surface area contributed by atoms with Gasteiger partial charge in [-0.3, -0.25) is 4.79 Å². The molecule has 0 aliphatic heterocycles. The maximum Gasteiger partial charge on any atom is 0.227 e. The lowest BCUT2D eigenvalue weighted by molar-refractivity contribution is -0.132. The molecule has 0 heterocycles. The van der Waals surface area contributed by atoms with Crippen LogP contribution in [0, 0.1) is 11.3 Å². The van der Waals surface area contributed by atoms with Crippen LogP contribution < -0.4 is 11.1 Å². The average molecular weight is 254 g/mol. The normalized spacial score (nSPS) is 18.9. The second kappa shape index (κ2) is 7.78. The van der Waals surface area contributed by atoms with Gasteiger partial charge in [0.2, 0.25) is 5.91 Å². The highest BCUT2D eigenvalue weighted by Gasteiger charge is 2.37. The molecular weight excluding hydrogens is 224 g/mol. The Morgan fingerprint density at radius 1 is 1.22 bits per heavy atom. The van der Waals surface area contributed by atoms with Crippen molar-refractivity contribution in [1.29, 1.82) is 0 Å². The van der Waals surface area contributed by atoms with Gasteiger partial charge >= 0.3 is 0 Å². The van der Waals surface area contributed by atoms with E-state index in [4.69, 9.17) is 5.73 Å². The number of nitrogens with two attached hydrogens (primary N) is 1. The van der Waals surface area contributed by atoms with Crippen LogP contribution in [0.1, 0.15) is 65.2 Å². The topological polar surface area (TPSA) is 55.1 Å². The molecule has 0 bridgehead atoms. The predicted molar refractivity (Wildman–Crippen MR) is 76.3 cm³/mol. The first-order valence-electron chi connectivity index (χ1n) is 7.59. The van der Waals surface area contributed by atoms with E-state index < -0.39 is 0 Å². The summed E-state index contributed by atoms with van der Waals surface area (Å²) in [6.45, 7) is 5.80. The van der Waals surface area contributed by atoms with Crippen LogP contribution in [-0.2, 0) is 4.79 Å². The maximum absolute atomic E-state index is 12.3. The van der Waals surface area contributed by atoms with Crippen LogP contribution in [0.4, 0.5) is 0 Å². The molecule has 0 unspecified atom stereocenters. The molecule has 18 heavy (non-hydrogen) atoms. The quantitative estimate of drug-likeness (QED) is 0.686. The second-order valence-corrected chi connectivity index (χ2v) is 6.19. The standard InChI is InChI=1S/C15H30N2O/c1-13(2)8-4-7-11-17-14(18)15(12-16)9-5-3-6-10-15/h13H,3-12,16H2,1-2H3,(H,17,18). The van der Waals surface area contributed by atoms with Crippen LogP contribution in [0.3, 0.4) is 0 Å². The molecule has 3 heteroatoms. The minimum atomic E-state index is -0.254. The number of rotatable bonds is 7. The van der Waals surface area contributed by atoms with E-state index in [1.54, 1.807) is 0 Å². The Balaban J connectivity index is 2.25. The predicted octanol–water partition coefficient (Wildman–Crippen LogP) is 2.84. The molecule has 1 rings (SSSR count). The van der Waals surface area contributed by atoms with Crippen LogP contribution >= 0.6 is 0 Å². The Hall–Kier alpha value is -0.570. The molecule has 1 aliphatic rings. The fraction of sp³-hybridized carbons (Fsp3) is 0.933. The van der Waals surface area contributed by atoms with Crippen molar-refractivity contribution in [2.75, 3.05) is 13.1 Å². The Morgan fingerprint density at radius 2 is 1.89 bits per heavy atom. The van der Waals surface area contributed by atoms with E-state index in [1.165, 1.54) is 19.3 Å². The van der Waals surface area contributed by atoms with Gasteiger partial charge < -0.3 is 11.1 Å². The first kappa shape index (κ1) is 15.5. The Kier molecular flexibility index (Phi) is 6.69. The van der Waals surface area contributed by atoms with E-state index in [0.29, 0.717) is 6.54 Å². The summed E-state index contributed by atoms with van der Waals surface area (Å²) in [5.41, 5.74) is 5.59. The molecule has 0 aromatic heterocycles. The Morgan fingerprint density at radius 3 is 2.44 bits per heavy atom. The van der Waals surface area contributed by atoms with E-state index >= 15 is 0 Å². The molecule has 1 saturated carbocycles. The second-order valence-electron chi connectivity index (χ2n) is 6.19. The van der Waals surface area contributed by atoms with Gasteiger partial charge in [-0.2, -0.15) is 0 Å². The maximum atomic E-state index is 12.3. The van der Waals surface area contributed by atoms with Crippen molar-refractivity contribution < 1.29 is 4.79 Å². The number of amides is 1. The van der Waals surface area contributed by atoms with Gasteiger partial charge in [-0.15, -0.1) is 0 Å². The smallest absolute Gasteiger partial charge is 0.227 e. The minimum absolute atomic E-state index is 0.203. The van der Waals surface area contributed by atoms with Gasteiger partial charge in [0.25, 0.3) is 0 Å². The zero-order valence-electron chi connectivity index (χ0n) is 12.1. The summed E-state index contributed by atoms with van der Waals surface area (Å²) in [4.78, 5) is 12.3. The molecule has 0 spiro atoms. The van der Waals surface area contributed by atoms with E-state index in [0.717, 1.165) is 44.6 Å². The highest BCUT2D eigenvalue weighted by molar-refractivity contribution is 5.82. The highest BCUT2D eigenvalue weighted by Crippen LogP contribution is 2.35. The summed E-state index contributed by atoms with van der Waals surface area (Å²) in [5.74, 6) is 0.962. The number of unbranched alkanes of at least 4 members (excludes halogenated alkanes) is 1. The van der Waals surface area contributed by atoms with Crippen LogP contribution in [0.15, 0.2) is 0 Å². The first-order valence-corrected chi connectivity index (χ1v) is 7.59. The van der Waals surface area contributed by atoms with Crippen molar-refractivity contribution in [1.82, 2.24) is 5.32 Å². The van der Waals surface area contributed by atoms with E-state index in [1.807, 2.05) is 0 Å². The molecule has 0 atom stereocenters. The van der Waals surface area contributed by atoms with Crippen molar-refractivity contribution in [3.63, 3.8) is 0 Å². The fourth-order valence-electron chi connectivity index (χ4n) is 2.82. The zero-order chi connectivity index (χ0) is 13.4. The summed E-state index contributed by atoms with van der Waals surface area (Å²) >= 11 is 0. The van der Waals surface area contributed by atoms with Crippen LogP contribution in [0.5, 0.6) is 0 Å². The number of nitrogens with one attached hydrogen (secondary N) is 1. The van der Waals surface area contributed by atoms with Crippen molar-refractivity contribution in [3.8, 4) is 0 Å². The average Bonchev–Trinajstić information content (AvgIpc) is 2.38. The zero-order valence-corrected chi connectivity index (χ0v) is 12.1. The number of hydrogen-bond donors (Lipinski definition) is 2. The van der Waals surface area contributed by atoms with Crippen LogP contribution in [-0.4, -0.2) is 19.0 Å². The lowest BCUT2D eigenvalue weighted by atomic mass is 9.73. The first-order chi connectivity index (χ1) is 8.60. The van der Waals surface area contributed by atoms with Gasteiger partial charge in [-0.25, -0.2) is 0 Å². The van der Waals surface area contributed by atoms with E-state index in [-0.39, 0.29) is 11.3 Å². The molecule has 3 N–H and O–H groups in total. The van der Waals surface area contributed by atoms with Crippen LogP contribution in [0.2, 0.25) is 0 Å². The fourth-order valence-corrected chi connectivity index (χ4v) is 2.82. The number of hydrogen-bond acceptors (Lipinski definition) is 2. The lowest BCUT2D eigenvalue weighted by Gasteiger charge is -2.34. The van der Waals surface area contributed by atoms with Gasteiger partial charge in [-0.05, 0) is 25.2 Å². The molecule has 106 valence electrons. The summed E-state index contributed by atoms with van der Waals surface area (Å²) in [6.07, 6.45) is 9.04. The van der Waals surface area contributed by atoms with Gasteiger partial charge in [-0.1, -0.05) is 46.0 Å². The van der Waals surface area contributed by atoms with Crippen molar-refractivity contribution >= 4 is 5.91 Å². The minimum Gasteiger partial charge on any atom is -0.356 e. The van der Waals surface area contributed by atoms with Gasteiger partial charge in [0.1, 0.15) is 0 Å². The molecule has 3 nitrogen and oxygen atoms in total. The van der Waals surface area contributed by atoms with Crippen LogP contribution in [0.25, 0.3) is 0 Å². The van der Waals surface area contributed by atoms with E-state index in [9.17, 15) is 4.79 Å². The van der Waals surface area contributed by atoms with Gasteiger partial charge in [0.15, 0.2) is 0 Å². The molecule has 0 radical (unpaired) electrons. The molecule has 0 aromatic carbocycles. The Bertz CT molecular complexity index is 245. The summed E-state index contributed by atoms with van der Waals surface area (Å²) in [6, 6.07) is 0. The van der Waals surface area contributed by atoms with Gasteiger partial charge in [0, 0.05) is 13.1 Å². The van der Waals surface area contributed by atoms with Crippen molar-refractivity contribution in [3.05, 3.63) is 0 Å². The number of carbonyl (C=O) groups excluding carboxylic acids is 1. The molecule has 0 aromatic rings. The van der Waals surface area contributed by atoms with E-state index in [2.05, 4.69) is 19.2 Å². The number of carbonyl (C=O) groups is 1. The van der Waals surface area contributed by atoms with Crippen molar-refractivity contribution in [2.45, 2.75) is 65.2 Å². The summed E-state index contributed by atoms with van der Waals surface area (Å²) in [7, 11) is 0.